The number of carbonyl (C=O) groups is 3. The molecule has 10 heteroatoms. The number of phenols is 1. The largest absolute Gasteiger partial charge is 0.508 e. The number of amides is 2. The number of thioether (sulfide) groups is 1. The average Bonchev–Trinajstić information content (AvgIpc) is 3.52. The Labute approximate surface area is 215 Å². The van der Waals surface area contributed by atoms with Crippen LogP contribution >= 0.6 is 35.3 Å². The highest BCUT2D eigenvalue weighted by Gasteiger charge is 2.70. The molecule has 3 heterocycles. The second kappa shape index (κ2) is 8.18. The molecule has 0 spiro atoms. The van der Waals surface area contributed by atoms with E-state index < -0.39 is 23.8 Å². The fourth-order valence-corrected chi connectivity index (χ4v) is 10.5. The Morgan fingerprint density at radius 2 is 1.89 bits per heavy atom. The number of nitrogens with zero attached hydrogens (tertiary/aromatic N) is 1. The van der Waals surface area contributed by atoms with Crippen molar-refractivity contribution >= 4 is 53.1 Å². The number of hydrogen-bond donors (Lipinski definition) is 3. The molecule has 8 unspecified atom stereocenters. The molecule has 1 aromatic carbocycles. The highest BCUT2D eigenvalue weighted by Crippen LogP contribution is 2.69. The summed E-state index contributed by atoms with van der Waals surface area (Å²) >= 11 is 8.67. The van der Waals surface area contributed by atoms with Gasteiger partial charge in [-0.15, -0.1) is 23.1 Å². The molecule has 184 valence electrons. The van der Waals surface area contributed by atoms with E-state index in [1.807, 2.05) is 26.0 Å². The van der Waals surface area contributed by atoms with Crippen LogP contribution in [0.3, 0.4) is 0 Å². The summed E-state index contributed by atoms with van der Waals surface area (Å²) in [6.07, 6.45) is 1.02. The molecule has 1 aromatic heterocycles. The number of H-pyrrole nitrogens is 1. The van der Waals surface area contributed by atoms with E-state index in [0.29, 0.717) is 3.95 Å². The highest BCUT2D eigenvalue weighted by atomic mass is 32.2. The number of aromatic amines is 1. The number of fused-ring (bicyclic) bond motifs is 9. The van der Waals surface area contributed by atoms with Crippen molar-refractivity contribution in [2.75, 3.05) is 0 Å². The van der Waals surface area contributed by atoms with E-state index in [2.05, 4.69) is 4.98 Å². The van der Waals surface area contributed by atoms with Crippen molar-refractivity contribution < 1.29 is 24.6 Å². The van der Waals surface area contributed by atoms with Crippen LogP contribution in [0.1, 0.15) is 43.0 Å². The molecule has 6 rings (SSSR count). The number of benzene rings is 1. The first kappa shape index (κ1) is 23.2. The standard InChI is InChI=1S/C25H26N2O5S3/c1-9(2)7-13(24(31)32)27-22(29)17-11-8-12(18(17)23(27)30)19-16(11)15(10-5-3-4-6-14(10)28)20-21(34-19)26-25(33)35-20/h3-6,9,11-13,15-19,28H,7-8H2,1-2H3,(H,26,33)(H,31,32). The van der Waals surface area contributed by atoms with Gasteiger partial charge in [-0.2, -0.15) is 0 Å². The van der Waals surface area contributed by atoms with Crippen molar-refractivity contribution in [3.8, 4) is 5.75 Å². The Morgan fingerprint density at radius 1 is 1.20 bits per heavy atom. The first-order valence-corrected chi connectivity index (χ1v) is 14.1. The Morgan fingerprint density at radius 3 is 2.54 bits per heavy atom. The van der Waals surface area contributed by atoms with Crippen LogP contribution in [0.5, 0.6) is 5.75 Å². The predicted molar refractivity (Wildman–Crippen MR) is 134 cm³/mol. The van der Waals surface area contributed by atoms with Gasteiger partial charge in [0, 0.05) is 21.6 Å². The lowest BCUT2D eigenvalue weighted by Gasteiger charge is -2.43. The van der Waals surface area contributed by atoms with Crippen LogP contribution < -0.4 is 0 Å². The third-order valence-electron chi connectivity index (χ3n) is 8.32. The number of aromatic nitrogens is 1. The first-order chi connectivity index (χ1) is 16.7. The molecule has 2 aliphatic carbocycles. The zero-order valence-corrected chi connectivity index (χ0v) is 21.7. The summed E-state index contributed by atoms with van der Waals surface area (Å²) in [6, 6.07) is 6.19. The lowest BCUT2D eigenvalue weighted by molar-refractivity contribution is -0.156. The molecule has 7 nitrogen and oxygen atoms in total. The number of carbonyl (C=O) groups excluding carboxylic acids is 2. The molecule has 2 aliphatic heterocycles. The summed E-state index contributed by atoms with van der Waals surface area (Å²) in [5.74, 6) is -2.62. The van der Waals surface area contributed by atoms with Gasteiger partial charge >= 0.3 is 5.97 Å². The number of carboxylic acid groups (broad SMARTS) is 1. The van der Waals surface area contributed by atoms with Gasteiger partial charge in [-0.1, -0.05) is 32.0 Å². The molecule has 1 saturated heterocycles. The van der Waals surface area contributed by atoms with Gasteiger partial charge in [0.2, 0.25) is 11.8 Å². The van der Waals surface area contributed by atoms with E-state index >= 15 is 0 Å². The van der Waals surface area contributed by atoms with E-state index in [1.165, 1.54) is 11.3 Å². The van der Waals surface area contributed by atoms with Crippen LogP contribution in [0.4, 0.5) is 0 Å². The predicted octanol–water partition coefficient (Wildman–Crippen LogP) is 4.48. The average molecular weight is 531 g/mol. The van der Waals surface area contributed by atoms with Crippen LogP contribution in [0, 0.1) is 39.5 Å². The van der Waals surface area contributed by atoms with Gasteiger partial charge in [0.1, 0.15) is 11.8 Å². The number of aliphatic carboxylic acids is 1. The molecule has 2 aromatic rings. The SMILES string of the molecule is CC(C)CC(C(=O)O)N1C(=O)C2C3CC(C2C1=O)C1C(c2ccccc2O)c2sc(=S)[nH]c2SC31. The minimum absolute atomic E-state index is 0.0154. The van der Waals surface area contributed by atoms with Crippen LogP contribution in [0.25, 0.3) is 0 Å². The number of imide groups is 1. The lowest BCUT2D eigenvalue weighted by atomic mass is 9.68. The Hall–Kier alpha value is -2.17. The van der Waals surface area contributed by atoms with Crippen molar-refractivity contribution in [2.45, 2.75) is 48.9 Å². The Balaban J connectivity index is 1.43. The normalized spacial score (nSPS) is 33.7. The van der Waals surface area contributed by atoms with Crippen LogP contribution in [-0.4, -0.2) is 49.2 Å². The van der Waals surface area contributed by atoms with Gasteiger partial charge in [0.15, 0.2) is 3.95 Å². The van der Waals surface area contributed by atoms with Crippen molar-refractivity contribution in [1.29, 1.82) is 0 Å². The number of thiazole rings is 1. The first-order valence-electron chi connectivity index (χ1n) is 12.0. The minimum Gasteiger partial charge on any atom is -0.508 e. The van der Waals surface area contributed by atoms with Gasteiger partial charge < -0.3 is 15.2 Å². The second-order valence-corrected chi connectivity index (χ2v) is 13.5. The molecule has 0 radical (unpaired) electrons. The topological polar surface area (TPSA) is 111 Å². The molecular weight excluding hydrogens is 504 g/mol. The molecule has 2 amide bonds. The summed E-state index contributed by atoms with van der Waals surface area (Å²) < 4.78 is 0.673. The van der Waals surface area contributed by atoms with Crippen molar-refractivity contribution in [1.82, 2.24) is 9.88 Å². The molecule has 4 aliphatic rings. The van der Waals surface area contributed by atoms with Gasteiger partial charge in [0.05, 0.1) is 16.9 Å². The number of hydrogen-bond acceptors (Lipinski definition) is 7. The minimum atomic E-state index is -1.12. The molecule has 2 saturated carbocycles. The number of nitrogens with one attached hydrogen (secondary N) is 1. The number of carboxylic acids is 1. The van der Waals surface area contributed by atoms with Crippen LogP contribution in [0.15, 0.2) is 29.3 Å². The molecule has 3 fully saturated rings. The van der Waals surface area contributed by atoms with Crippen molar-refractivity contribution in [3.63, 3.8) is 0 Å². The summed E-state index contributed by atoms with van der Waals surface area (Å²) in [6.45, 7) is 3.80. The fraction of sp³-hybridized carbons (Fsp3) is 0.520. The number of para-hydroxylation sites is 1. The van der Waals surface area contributed by atoms with Crippen LogP contribution in [-0.2, 0) is 14.4 Å². The third kappa shape index (κ3) is 3.29. The third-order valence-corrected chi connectivity index (χ3v) is 11.3. The highest BCUT2D eigenvalue weighted by molar-refractivity contribution is 8.00. The monoisotopic (exact) mass is 530 g/mol. The van der Waals surface area contributed by atoms with Crippen molar-refractivity contribution in [3.05, 3.63) is 38.7 Å². The quantitative estimate of drug-likeness (QED) is 0.386. The number of phenolic OH excluding ortho intramolecular Hbond substituents is 1. The van der Waals surface area contributed by atoms with Gasteiger partial charge in [-0.05, 0) is 54.8 Å². The lowest BCUT2D eigenvalue weighted by Crippen LogP contribution is -2.47. The van der Waals surface area contributed by atoms with Gasteiger partial charge in [0.25, 0.3) is 0 Å². The van der Waals surface area contributed by atoms with E-state index in [9.17, 15) is 24.6 Å². The van der Waals surface area contributed by atoms with Gasteiger partial charge in [-0.25, -0.2) is 4.79 Å². The zero-order valence-electron chi connectivity index (χ0n) is 19.2. The maximum atomic E-state index is 13.7. The zero-order chi connectivity index (χ0) is 24.8. The van der Waals surface area contributed by atoms with E-state index in [0.717, 1.165) is 26.8 Å². The summed E-state index contributed by atoms with van der Waals surface area (Å²) in [5.41, 5.74) is 0.815. The van der Waals surface area contributed by atoms with E-state index in [1.54, 1.807) is 23.9 Å². The summed E-state index contributed by atoms with van der Waals surface area (Å²) in [5, 5.41) is 21.7. The smallest absolute Gasteiger partial charge is 0.326 e. The van der Waals surface area contributed by atoms with Gasteiger partial charge in [-0.3, -0.25) is 14.5 Å². The summed E-state index contributed by atoms with van der Waals surface area (Å²) in [4.78, 5) is 44.9. The molecule has 35 heavy (non-hydrogen) atoms. The van der Waals surface area contributed by atoms with E-state index in [4.69, 9.17) is 12.2 Å². The van der Waals surface area contributed by atoms with Crippen molar-refractivity contribution in [2.24, 2.45) is 35.5 Å². The molecule has 8 atom stereocenters. The number of likely N-dealkylation sites (tertiary alicyclic amines) is 1. The maximum absolute atomic E-state index is 13.7. The summed E-state index contributed by atoms with van der Waals surface area (Å²) in [7, 11) is 0. The van der Waals surface area contributed by atoms with Crippen LogP contribution in [0.2, 0.25) is 0 Å². The maximum Gasteiger partial charge on any atom is 0.326 e. The number of aromatic hydroxyl groups is 1. The Kier molecular flexibility index (Phi) is 5.43. The Bertz CT molecular complexity index is 1300. The molecule has 2 bridgehead atoms. The second-order valence-electron chi connectivity index (χ2n) is 10.5. The molecular formula is C25H26N2O5S3. The molecule has 3 N–H and O–H groups in total. The fourth-order valence-electron chi connectivity index (χ4n) is 7.21. The number of rotatable bonds is 5. The van der Waals surface area contributed by atoms with E-state index in [-0.39, 0.29) is 58.8 Å².